The SMILES string of the molecule is c1ccc(Cc2cc(-c3cccnc3)n[nH]2)cc1. The number of rotatable bonds is 3. The summed E-state index contributed by atoms with van der Waals surface area (Å²) in [7, 11) is 0. The third-order valence-corrected chi connectivity index (χ3v) is 2.83. The maximum absolute atomic E-state index is 4.32. The third-order valence-electron chi connectivity index (χ3n) is 2.83. The monoisotopic (exact) mass is 235 g/mol. The summed E-state index contributed by atoms with van der Waals surface area (Å²) >= 11 is 0. The van der Waals surface area contributed by atoms with Crippen molar-refractivity contribution in [2.45, 2.75) is 6.42 Å². The van der Waals surface area contributed by atoms with Gasteiger partial charge in [-0.05, 0) is 23.8 Å². The Bertz CT molecular complexity index is 615. The van der Waals surface area contributed by atoms with Crippen LogP contribution in [0.2, 0.25) is 0 Å². The van der Waals surface area contributed by atoms with E-state index in [9.17, 15) is 0 Å². The van der Waals surface area contributed by atoms with Crippen molar-refractivity contribution in [1.29, 1.82) is 0 Å². The topological polar surface area (TPSA) is 41.6 Å². The van der Waals surface area contributed by atoms with Crippen molar-refractivity contribution >= 4 is 0 Å². The summed E-state index contributed by atoms with van der Waals surface area (Å²) in [6.07, 6.45) is 4.46. The van der Waals surface area contributed by atoms with E-state index < -0.39 is 0 Å². The largest absolute Gasteiger partial charge is 0.282 e. The van der Waals surface area contributed by atoms with Crippen LogP contribution in [-0.2, 0) is 6.42 Å². The van der Waals surface area contributed by atoms with Crippen molar-refractivity contribution in [3.8, 4) is 11.3 Å². The smallest absolute Gasteiger partial charge is 0.0939 e. The van der Waals surface area contributed by atoms with Crippen LogP contribution >= 0.6 is 0 Å². The van der Waals surface area contributed by atoms with E-state index >= 15 is 0 Å². The lowest BCUT2D eigenvalue weighted by molar-refractivity contribution is 0.998. The lowest BCUT2D eigenvalue weighted by Gasteiger charge is -1.96. The summed E-state index contributed by atoms with van der Waals surface area (Å²) in [6.45, 7) is 0. The van der Waals surface area contributed by atoms with E-state index in [0.29, 0.717) is 0 Å². The maximum atomic E-state index is 4.32. The van der Waals surface area contributed by atoms with Crippen LogP contribution in [0.4, 0.5) is 0 Å². The standard InChI is InChI=1S/C15H13N3/c1-2-5-12(6-3-1)9-14-10-15(18-17-14)13-7-4-8-16-11-13/h1-8,10-11H,9H2,(H,17,18). The Kier molecular flexibility index (Phi) is 2.88. The molecule has 0 spiro atoms. The van der Waals surface area contributed by atoms with E-state index in [1.165, 1.54) is 5.56 Å². The highest BCUT2D eigenvalue weighted by atomic mass is 15.1. The molecule has 2 heterocycles. The number of benzene rings is 1. The second-order valence-electron chi connectivity index (χ2n) is 4.18. The zero-order valence-corrected chi connectivity index (χ0v) is 9.88. The summed E-state index contributed by atoms with van der Waals surface area (Å²) in [5.74, 6) is 0. The molecule has 0 radical (unpaired) electrons. The summed E-state index contributed by atoms with van der Waals surface area (Å²) in [6, 6.07) is 16.4. The number of nitrogens with one attached hydrogen (secondary N) is 1. The molecular weight excluding hydrogens is 222 g/mol. The summed E-state index contributed by atoms with van der Waals surface area (Å²) < 4.78 is 0. The van der Waals surface area contributed by atoms with Crippen LogP contribution in [0.25, 0.3) is 11.3 Å². The predicted octanol–water partition coefficient (Wildman–Crippen LogP) is 3.06. The first-order valence-electron chi connectivity index (χ1n) is 5.90. The average Bonchev–Trinajstić information content (AvgIpc) is 2.89. The number of nitrogens with zero attached hydrogens (tertiary/aromatic N) is 2. The molecule has 0 fully saturated rings. The summed E-state index contributed by atoms with van der Waals surface area (Å²) in [5.41, 5.74) is 4.36. The zero-order valence-electron chi connectivity index (χ0n) is 9.88. The van der Waals surface area contributed by atoms with E-state index in [1.54, 1.807) is 6.20 Å². The molecule has 3 heteroatoms. The van der Waals surface area contributed by atoms with Gasteiger partial charge >= 0.3 is 0 Å². The van der Waals surface area contributed by atoms with E-state index in [4.69, 9.17) is 0 Å². The normalized spacial score (nSPS) is 10.4. The molecule has 0 aliphatic carbocycles. The van der Waals surface area contributed by atoms with Crippen molar-refractivity contribution in [1.82, 2.24) is 15.2 Å². The molecule has 0 aliphatic rings. The summed E-state index contributed by atoms with van der Waals surface area (Å²) in [5, 5.41) is 7.39. The highest BCUT2D eigenvalue weighted by Gasteiger charge is 2.04. The quantitative estimate of drug-likeness (QED) is 0.758. The van der Waals surface area contributed by atoms with E-state index in [2.05, 4.69) is 33.4 Å². The second-order valence-corrected chi connectivity index (χ2v) is 4.18. The summed E-state index contributed by atoms with van der Waals surface area (Å²) in [4.78, 5) is 4.10. The van der Waals surface area contributed by atoms with Crippen LogP contribution in [-0.4, -0.2) is 15.2 Å². The molecule has 3 nitrogen and oxygen atoms in total. The van der Waals surface area contributed by atoms with Gasteiger partial charge in [0.25, 0.3) is 0 Å². The number of pyridine rings is 1. The number of hydrogen-bond donors (Lipinski definition) is 1. The fourth-order valence-electron chi connectivity index (χ4n) is 1.93. The molecule has 0 saturated carbocycles. The highest BCUT2D eigenvalue weighted by Crippen LogP contribution is 2.17. The van der Waals surface area contributed by atoms with Crippen LogP contribution in [0.3, 0.4) is 0 Å². The van der Waals surface area contributed by atoms with Gasteiger partial charge in [-0.3, -0.25) is 10.1 Å². The molecule has 0 unspecified atom stereocenters. The number of aromatic amines is 1. The van der Waals surface area contributed by atoms with Gasteiger partial charge in [0, 0.05) is 30.1 Å². The molecule has 0 atom stereocenters. The van der Waals surface area contributed by atoms with Gasteiger partial charge in [-0.2, -0.15) is 5.10 Å². The molecule has 18 heavy (non-hydrogen) atoms. The van der Waals surface area contributed by atoms with Crippen LogP contribution in [0.15, 0.2) is 60.9 Å². The van der Waals surface area contributed by atoms with Gasteiger partial charge in [-0.1, -0.05) is 30.3 Å². The van der Waals surface area contributed by atoms with Crippen molar-refractivity contribution in [3.63, 3.8) is 0 Å². The molecule has 1 N–H and O–H groups in total. The minimum absolute atomic E-state index is 0.869. The second kappa shape index (κ2) is 4.84. The fraction of sp³-hybridized carbons (Fsp3) is 0.0667. The van der Waals surface area contributed by atoms with Gasteiger partial charge in [-0.15, -0.1) is 0 Å². The van der Waals surface area contributed by atoms with Gasteiger partial charge in [0.2, 0.25) is 0 Å². The molecule has 1 aromatic carbocycles. The van der Waals surface area contributed by atoms with Crippen LogP contribution in [0.1, 0.15) is 11.3 Å². The first-order chi connectivity index (χ1) is 8.92. The Balaban J connectivity index is 1.82. The molecular formula is C15H13N3. The molecule has 0 amide bonds. The van der Waals surface area contributed by atoms with E-state index in [0.717, 1.165) is 23.4 Å². The van der Waals surface area contributed by atoms with Gasteiger partial charge in [0.05, 0.1) is 5.69 Å². The first-order valence-corrected chi connectivity index (χ1v) is 5.90. The van der Waals surface area contributed by atoms with Gasteiger partial charge < -0.3 is 0 Å². The molecule has 88 valence electrons. The minimum Gasteiger partial charge on any atom is -0.282 e. The molecule has 3 aromatic rings. The van der Waals surface area contributed by atoms with Gasteiger partial charge in [0.15, 0.2) is 0 Å². The van der Waals surface area contributed by atoms with Crippen molar-refractivity contribution in [2.24, 2.45) is 0 Å². The predicted molar refractivity (Wildman–Crippen MR) is 71.1 cm³/mol. The third kappa shape index (κ3) is 2.30. The molecule has 0 bridgehead atoms. The van der Waals surface area contributed by atoms with Crippen molar-refractivity contribution in [3.05, 3.63) is 72.2 Å². The Hall–Kier alpha value is -2.42. The number of hydrogen-bond acceptors (Lipinski definition) is 2. The lowest BCUT2D eigenvalue weighted by Crippen LogP contribution is -1.87. The fourth-order valence-corrected chi connectivity index (χ4v) is 1.93. The minimum atomic E-state index is 0.869. The van der Waals surface area contributed by atoms with Crippen molar-refractivity contribution in [2.75, 3.05) is 0 Å². The van der Waals surface area contributed by atoms with E-state index in [-0.39, 0.29) is 0 Å². The lowest BCUT2D eigenvalue weighted by atomic mass is 10.1. The van der Waals surface area contributed by atoms with Crippen molar-refractivity contribution < 1.29 is 0 Å². The first kappa shape index (κ1) is 10.7. The van der Waals surface area contributed by atoms with E-state index in [1.807, 2.05) is 36.5 Å². The van der Waals surface area contributed by atoms with Crippen LogP contribution in [0, 0.1) is 0 Å². The molecule has 3 rings (SSSR count). The van der Waals surface area contributed by atoms with Gasteiger partial charge in [-0.25, -0.2) is 0 Å². The highest BCUT2D eigenvalue weighted by molar-refractivity contribution is 5.57. The molecule has 0 saturated heterocycles. The molecule has 2 aromatic heterocycles. The Morgan fingerprint density at radius 2 is 1.89 bits per heavy atom. The zero-order chi connectivity index (χ0) is 12.2. The maximum Gasteiger partial charge on any atom is 0.0939 e. The Morgan fingerprint density at radius 1 is 1.00 bits per heavy atom. The van der Waals surface area contributed by atoms with Gasteiger partial charge in [0.1, 0.15) is 0 Å². The average molecular weight is 235 g/mol. The van der Waals surface area contributed by atoms with Crippen LogP contribution < -0.4 is 0 Å². The van der Waals surface area contributed by atoms with Crippen LogP contribution in [0.5, 0.6) is 0 Å². The molecule has 0 aliphatic heterocycles. The number of H-pyrrole nitrogens is 1. The Morgan fingerprint density at radius 3 is 2.67 bits per heavy atom. The number of aromatic nitrogens is 3. The Labute approximate surface area is 106 Å².